The molecule has 1 aromatic rings. The van der Waals surface area contributed by atoms with Crippen LogP contribution in [0.1, 0.15) is 37.7 Å². The maximum Gasteiger partial charge on any atom is 0.274 e. The fourth-order valence-electron chi connectivity index (χ4n) is 1.76. The molecule has 0 aromatic carbocycles. The van der Waals surface area contributed by atoms with Crippen LogP contribution in [0.5, 0.6) is 0 Å². The normalized spacial score (nSPS) is 12.4. The molecule has 0 aliphatic carbocycles. The van der Waals surface area contributed by atoms with Crippen molar-refractivity contribution in [1.82, 2.24) is 14.5 Å². The van der Waals surface area contributed by atoms with Crippen LogP contribution in [0, 0.1) is 5.92 Å². The van der Waals surface area contributed by atoms with E-state index in [-0.39, 0.29) is 5.91 Å². The molecule has 0 fully saturated rings. The van der Waals surface area contributed by atoms with E-state index in [1.165, 1.54) is 0 Å². The van der Waals surface area contributed by atoms with Crippen LogP contribution >= 0.6 is 0 Å². The summed E-state index contributed by atoms with van der Waals surface area (Å²) in [4.78, 5) is 18.3. The molecule has 1 atom stereocenters. The summed E-state index contributed by atoms with van der Waals surface area (Å²) in [6.45, 7) is 9.04. The van der Waals surface area contributed by atoms with Gasteiger partial charge in [-0.1, -0.05) is 20.3 Å². The Balaban J connectivity index is 2.70. The van der Waals surface area contributed by atoms with Crippen LogP contribution in [0.2, 0.25) is 0 Å². The molecule has 0 saturated heterocycles. The van der Waals surface area contributed by atoms with Crippen LogP contribution < -0.4 is 5.73 Å². The molecule has 0 bridgehead atoms. The molecule has 18 heavy (non-hydrogen) atoms. The summed E-state index contributed by atoms with van der Waals surface area (Å²) in [6, 6.07) is 0. The first-order valence-corrected chi connectivity index (χ1v) is 6.63. The monoisotopic (exact) mass is 252 g/mol. The summed E-state index contributed by atoms with van der Waals surface area (Å²) >= 11 is 0. The number of rotatable bonds is 7. The number of nitrogens with two attached hydrogens (primary N) is 1. The molecular formula is C13H24N4O. The van der Waals surface area contributed by atoms with E-state index in [1.807, 2.05) is 16.4 Å². The number of aromatic nitrogens is 2. The van der Waals surface area contributed by atoms with Crippen LogP contribution in [-0.4, -0.2) is 40.0 Å². The lowest BCUT2D eigenvalue weighted by Crippen LogP contribution is -2.34. The molecular weight excluding hydrogens is 228 g/mol. The fraction of sp³-hybridized carbons (Fsp3) is 0.692. The van der Waals surface area contributed by atoms with Gasteiger partial charge in [-0.05, 0) is 12.8 Å². The first-order chi connectivity index (χ1) is 8.62. The maximum absolute atomic E-state index is 12.3. The first kappa shape index (κ1) is 14.7. The fourth-order valence-corrected chi connectivity index (χ4v) is 1.76. The molecule has 5 nitrogen and oxygen atoms in total. The lowest BCUT2D eigenvalue weighted by Gasteiger charge is -2.23. The highest BCUT2D eigenvalue weighted by Crippen LogP contribution is 2.08. The van der Waals surface area contributed by atoms with E-state index in [4.69, 9.17) is 5.73 Å². The Morgan fingerprint density at radius 3 is 2.83 bits per heavy atom. The molecule has 1 heterocycles. The average Bonchev–Trinajstić information content (AvgIpc) is 2.83. The SMILES string of the molecule is CCC(C)CN(CC)C(=O)c1cn(CCN)cn1. The van der Waals surface area contributed by atoms with Gasteiger partial charge in [-0.2, -0.15) is 0 Å². The Kier molecular flexibility index (Phi) is 5.85. The number of nitrogens with zero attached hydrogens (tertiary/aromatic N) is 3. The topological polar surface area (TPSA) is 64.2 Å². The third-order valence-corrected chi connectivity index (χ3v) is 3.14. The average molecular weight is 252 g/mol. The predicted molar refractivity (Wildman–Crippen MR) is 72.3 cm³/mol. The third-order valence-electron chi connectivity index (χ3n) is 3.14. The second kappa shape index (κ2) is 7.16. The standard InChI is InChI=1S/C13H24N4O/c1-4-11(3)8-17(5-2)13(18)12-9-16(7-6-14)10-15-12/h9-11H,4-8,14H2,1-3H3. The molecule has 102 valence electrons. The zero-order chi connectivity index (χ0) is 13.5. The van der Waals surface area contributed by atoms with Crippen LogP contribution in [0.15, 0.2) is 12.5 Å². The second-order valence-electron chi connectivity index (χ2n) is 4.64. The van der Waals surface area contributed by atoms with Crippen molar-refractivity contribution in [2.24, 2.45) is 11.7 Å². The zero-order valence-electron chi connectivity index (χ0n) is 11.6. The van der Waals surface area contributed by atoms with Crippen LogP contribution in [0.4, 0.5) is 0 Å². The van der Waals surface area contributed by atoms with Crippen molar-refractivity contribution in [3.05, 3.63) is 18.2 Å². The van der Waals surface area contributed by atoms with E-state index in [2.05, 4.69) is 18.8 Å². The van der Waals surface area contributed by atoms with E-state index in [1.54, 1.807) is 12.5 Å². The van der Waals surface area contributed by atoms with Crippen molar-refractivity contribution >= 4 is 5.91 Å². The van der Waals surface area contributed by atoms with E-state index in [0.717, 1.165) is 13.0 Å². The maximum atomic E-state index is 12.3. The lowest BCUT2D eigenvalue weighted by atomic mass is 10.1. The quantitative estimate of drug-likeness (QED) is 0.796. The molecule has 0 aliphatic heterocycles. The van der Waals surface area contributed by atoms with Crippen molar-refractivity contribution in [3.63, 3.8) is 0 Å². The van der Waals surface area contributed by atoms with Crippen LogP contribution in [0.3, 0.4) is 0 Å². The van der Waals surface area contributed by atoms with E-state index < -0.39 is 0 Å². The summed E-state index contributed by atoms with van der Waals surface area (Å²) in [7, 11) is 0. The van der Waals surface area contributed by atoms with Gasteiger partial charge in [-0.3, -0.25) is 4.79 Å². The molecule has 1 amide bonds. The number of hydrogen-bond acceptors (Lipinski definition) is 3. The molecule has 5 heteroatoms. The molecule has 0 aliphatic rings. The van der Waals surface area contributed by atoms with Crippen molar-refractivity contribution in [1.29, 1.82) is 0 Å². The van der Waals surface area contributed by atoms with E-state index in [9.17, 15) is 4.79 Å². The highest BCUT2D eigenvalue weighted by atomic mass is 16.2. The highest BCUT2D eigenvalue weighted by molar-refractivity contribution is 5.92. The van der Waals surface area contributed by atoms with Crippen LogP contribution in [-0.2, 0) is 6.54 Å². The summed E-state index contributed by atoms with van der Waals surface area (Å²) in [5, 5.41) is 0. The Hall–Kier alpha value is -1.36. The zero-order valence-corrected chi connectivity index (χ0v) is 11.6. The number of hydrogen-bond donors (Lipinski definition) is 1. The Morgan fingerprint density at radius 1 is 1.56 bits per heavy atom. The summed E-state index contributed by atoms with van der Waals surface area (Å²) in [5.41, 5.74) is 5.98. The Morgan fingerprint density at radius 2 is 2.28 bits per heavy atom. The van der Waals surface area contributed by atoms with Crippen molar-refractivity contribution < 1.29 is 4.79 Å². The van der Waals surface area contributed by atoms with E-state index >= 15 is 0 Å². The predicted octanol–water partition coefficient (Wildman–Crippen LogP) is 1.35. The van der Waals surface area contributed by atoms with Gasteiger partial charge in [0, 0.05) is 32.4 Å². The molecule has 0 saturated carbocycles. The van der Waals surface area contributed by atoms with Gasteiger partial charge in [0.05, 0.1) is 6.33 Å². The van der Waals surface area contributed by atoms with Gasteiger partial charge >= 0.3 is 0 Å². The smallest absolute Gasteiger partial charge is 0.274 e. The number of carbonyl (C=O) groups excluding carboxylic acids is 1. The molecule has 1 rings (SSSR count). The van der Waals surface area contributed by atoms with Gasteiger partial charge in [-0.25, -0.2) is 4.98 Å². The lowest BCUT2D eigenvalue weighted by molar-refractivity contribution is 0.0735. The van der Waals surface area contributed by atoms with Crippen molar-refractivity contribution in [3.8, 4) is 0 Å². The van der Waals surface area contributed by atoms with E-state index in [0.29, 0.717) is 31.2 Å². The number of amides is 1. The van der Waals surface area contributed by atoms with Gasteiger partial charge in [0.25, 0.3) is 5.91 Å². The second-order valence-corrected chi connectivity index (χ2v) is 4.64. The number of imidazole rings is 1. The van der Waals surface area contributed by atoms with Gasteiger partial charge in [-0.15, -0.1) is 0 Å². The highest BCUT2D eigenvalue weighted by Gasteiger charge is 2.18. The largest absolute Gasteiger partial charge is 0.337 e. The molecule has 1 unspecified atom stereocenters. The molecule has 2 N–H and O–H groups in total. The molecule has 0 spiro atoms. The Labute approximate surface area is 109 Å². The minimum absolute atomic E-state index is 0.00794. The van der Waals surface area contributed by atoms with Gasteiger partial charge in [0.2, 0.25) is 0 Å². The van der Waals surface area contributed by atoms with Gasteiger partial charge in [0.1, 0.15) is 5.69 Å². The third kappa shape index (κ3) is 3.84. The Bertz CT molecular complexity index is 375. The van der Waals surface area contributed by atoms with Gasteiger partial charge in [0.15, 0.2) is 0 Å². The minimum atomic E-state index is 0.00794. The van der Waals surface area contributed by atoms with Crippen molar-refractivity contribution in [2.45, 2.75) is 33.7 Å². The van der Waals surface area contributed by atoms with Gasteiger partial charge < -0.3 is 15.2 Å². The first-order valence-electron chi connectivity index (χ1n) is 6.63. The molecule has 0 radical (unpaired) electrons. The molecule has 1 aromatic heterocycles. The summed E-state index contributed by atoms with van der Waals surface area (Å²) < 4.78 is 1.85. The van der Waals surface area contributed by atoms with Crippen molar-refractivity contribution in [2.75, 3.05) is 19.6 Å². The summed E-state index contributed by atoms with van der Waals surface area (Å²) in [5.74, 6) is 0.522. The number of carbonyl (C=O) groups is 1. The van der Waals surface area contributed by atoms with Crippen LogP contribution in [0.25, 0.3) is 0 Å². The minimum Gasteiger partial charge on any atom is -0.337 e. The summed E-state index contributed by atoms with van der Waals surface area (Å²) in [6.07, 6.45) is 4.51.